The maximum atomic E-state index is 7.49. The Hall–Kier alpha value is -1.51. The van der Waals surface area contributed by atoms with E-state index in [9.17, 15) is 0 Å². The largest absolute Gasteiger partial charge is 0.497 e. The predicted octanol–water partition coefficient (Wildman–Crippen LogP) is 2.09. The molecule has 3 nitrogen and oxygen atoms in total. The summed E-state index contributed by atoms with van der Waals surface area (Å²) in [6.45, 7) is 1.73. The molecule has 1 N–H and O–H groups in total. The van der Waals surface area contributed by atoms with E-state index >= 15 is 0 Å². The van der Waals surface area contributed by atoms with Crippen LogP contribution in [0.1, 0.15) is 12.5 Å². The second kappa shape index (κ2) is 3.94. The van der Waals surface area contributed by atoms with Gasteiger partial charge < -0.3 is 14.9 Å². The minimum absolute atomic E-state index is 0.486. The van der Waals surface area contributed by atoms with Gasteiger partial charge in [0.1, 0.15) is 11.5 Å². The highest BCUT2D eigenvalue weighted by Crippen LogP contribution is 2.24. The molecule has 0 unspecified atom stereocenters. The summed E-state index contributed by atoms with van der Waals surface area (Å²) in [4.78, 5) is 0. The minimum atomic E-state index is 0.486. The number of ether oxygens (including phenoxy) is 2. The molecular formula is C10H13NO2. The highest BCUT2D eigenvalue weighted by molar-refractivity contribution is 5.98. The molecule has 0 aromatic heterocycles. The first-order valence-corrected chi connectivity index (χ1v) is 3.96. The molecule has 70 valence electrons. The maximum absolute atomic E-state index is 7.49. The molecule has 0 fully saturated rings. The zero-order chi connectivity index (χ0) is 9.84. The third-order valence-electron chi connectivity index (χ3n) is 1.81. The Balaban J connectivity index is 3.15. The maximum Gasteiger partial charge on any atom is 0.131 e. The first-order valence-electron chi connectivity index (χ1n) is 3.96. The van der Waals surface area contributed by atoms with Crippen LogP contribution >= 0.6 is 0 Å². The summed E-state index contributed by atoms with van der Waals surface area (Å²) in [7, 11) is 3.19. The van der Waals surface area contributed by atoms with Gasteiger partial charge in [0.2, 0.25) is 0 Å². The number of benzene rings is 1. The molecule has 0 spiro atoms. The van der Waals surface area contributed by atoms with Crippen molar-refractivity contribution in [1.82, 2.24) is 0 Å². The Morgan fingerprint density at radius 1 is 1.23 bits per heavy atom. The molecule has 1 rings (SSSR count). The molecule has 0 aliphatic heterocycles. The van der Waals surface area contributed by atoms with Gasteiger partial charge in [0.05, 0.1) is 14.2 Å². The topological polar surface area (TPSA) is 42.3 Å². The lowest BCUT2D eigenvalue weighted by molar-refractivity contribution is 0.394. The molecule has 0 radical (unpaired) electrons. The van der Waals surface area contributed by atoms with E-state index in [4.69, 9.17) is 14.9 Å². The van der Waals surface area contributed by atoms with Crippen molar-refractivity contribution in [2.24, 2.45) is 0 Å². The quantitative estimate of drug-likeness (QED) is 0.722. The average molecular weight is 179 g/mol. The molecule has 13 heavy (non-hydrogen) atoms. The molecule has 0 heterocycles. The van der Waals surface area contributed by atoms with Crippen molar-refractivity contribution in [1.29, 1.82) is 5.41 Å². The number of hydrogen-bond donors (Lipinski definition) is 1. The highest BCUT2D eigenvalue weighted by Gasteiger charge is 2.05. The predicted molar refractivity (Wildman–Crippen MR) is 52.0 cm³/mol. The van der Waals surface area contributed by atoms with Crippen LogP contribution in [0.3, 0.4) is 0 Å². The summed E-state index contributed by atoms with van der Waals surface area (Å²) >= 11 is 0. The summed E-state index contributed by atoms with van der Waals surface area (Å²) in [5.41, 5.74) is 1.28. The molecule has 1 aromatic rings. The van der Waals surface area contributed by atoms with Gasteiger partial charge in [-0.3, -0.25) is 0 Å². The van der Waals surface area contributed by atoms with Crippen LogP contribution in [0.4, 0.5) is 0 Å². The van der Waals surface area contributed by atoms with Crippen LogP contribution in [0, 0.1) is 5.41 Å². The number of nitrogens with one attached hydrogen (secondary N) is 1. The third-order valence-corrected chi connectivity index (χ3v) is 1.81. The van der Waals surface area contributed by atoms with Gasteiger partial charge in [-0.2, -0.15) is 0 Å². The fourth-order valence-corrected chi connectivity index (χ4v) is 1.11. The summed E-state index contributed by atoms with van der Waals surface area (Å²) in [5, 5.41) is 7.49. The van der Waals surface area contributed by atoms with Crippen LogP contribution in [0.15, 0.2) is 18.2 Å². The fourth-order valence-electron chi connectivity index (χ4n) is 1.11. The molecule has 3 heteroatoms. The average Bonchev–Trinajstić information content (AvgIpc) is 2.16. The van der Waals surface area contributed by atoms with Gasteiger partial charge in [-0.1, -0.05) is 0 Å². The van der Waals surface area contributed by atoms with Gasteiger partial charge in [-0.15, -0.1) is 0 Å². The van der Waals surface area contributed by atoms with Crippen LogP contribution < -0.4 is 9.47 Å². The molecule has 1 aromatic carbocycles. The van der Waals surface area contributed by atoms with Crippen LogP contribution in [0.25, 0.3) is 0 Å². The second-order valence-corrected chi connectivity index (χ2v) is 2.69. The van der Waals surface area contributed by atoms with Crippen molar-refractivity contribution in [2.75, 3.05) is 14.2 Å². The normalized spacial score (nSPS) is 9.46. The molecule has 0 aliphatic rings. The lowest BCUT2D eigenvalue weighted by Crippen LogP contribution is -1.97. The Labute approximate surface area is 77.8 Å². The molecule has 0 bridgehead atoms. The van der Waals surface area contributed by atoms with Gasteiger partial charge >= 0.3 is 0 Å². The van der Waals surface area contributed by atoms with Crippen LogP contribution in [0.5, 0.6) is 11.5 Å². The lowest BCUT2D eigenvalue weighted by atomic mass is 10.1. The summed E-state index contributed by atoms with van der Waals surface area (Å²) in [5.74, 6) is 1.41. The van der Waals surface area contributed by atoms with E-state index in [1.807, 2.05) is 12.1 Å². The van der Waals surface area contributed by atoms with Gasteiger partial charge in [0.15, 0.2) is 0 Å². The van der Waals surface area contributed by atoms with Crippen LogP contribution in [-0.4, -0.2) is 19.9 Å². The minimum Gasteiger partial charge on any atom is -0.497 e. The summed E-state index contributed by atoms with van der Waals surface area (Å²) in [6, 6.07) is 5.41. The Kier molecular flexibility index (Phi) is 2.90. The van der Waals surface area contributed by atoms with Crippen molar-refractivity contribution < 1.29 is 9.47 Å². The molecule has 0 aliphatic carbocycles. The van der Waals surface area contributed by atoms with E-state index in [2.05, 4.69) is 0 Å². The molecule has 0 atom stereocenters. The van der Waals surface area contributed by atoms with Crippen molar-refractivity contribution in [3.8, 4) is 11.5 Å². The zero-order valence-corrected chi connectivity index (χ0v) is 8.05. The first kappa shape index (κ1) is 9.58. The third kappa shape index (κ3) is 1.99. The van der Waals surface area contributed by atoms with Gasteiger partial charge in [0, 0.05) is 17.3 Å². The smallest absolute Gasteiger partial charge is 0.131 e. The summed E-state index contributed by atoms with van der Waals surface area (Å²) < 4.78 is 10.2. The van der Waals surface area contributed by atoms with Crippen molar-refractivity contribution in [2.45, 2.75) is 6.92 Å². The van der Waals surface area contributed by atoms with E-state index in [0.717, 1.165) is 11.3 Å². The Bertz CT molecular complexity index is 321. The Morgan fingerprint density at radius 3 is 2.38 bits per heavy atom. The fraction of sp³-hybridized carbons (Fsp3) is 0.300. The van der Waals surface area contributed by atoms with E-state index < -0.39 is 0 Å². The molecule has 0 amide bonds. The highest BCUT2D eigenvalue weighted by atomic mass is 16.5. The van der Waals surface area contributed by atoms with Gasteiger partial charge in [-0.25, -0.2) is 0 Å². The van der Waals surface area contributed by atoms with Gasteiger partial charge in [-0.05, 0) is 19.1 Å². The first-order chi connectivity index (χ1) is 6.19. The van der Waals surface area contributed by atoms with Crippen molar-refractivity contribution in [3.05, 3.63) is 23.8 Å². The Morgan fingerprint density at radius 2 is 1.92 bits per heavy atom. The lowest BCUT2D eigenvalue weighted by Gasteiger charge is -2.08. The van der Waals surface area contributed by atoms with E-state index in [0.29, 0.717) is 11.5 Å². The van der Waals surface area contributed by atoms with Crippen molar-refractivity contribution >= 4 is 5.71 Å². The van der Waals surface area contributed by atoms with Crippen LogP contribution in [-0.2, 0) is 0 Å². The number of methoxy groups -OCH3 is 2. The second-order valence-electron chi connectivity index (χ2n) is 2.69. The standard InChI is InChI=1S/C10H13NO2/c1-7(11)9-5-4-8(12-2)6-10(9)13-3/h4-6,11H,1-3H3. The SMILES string of the molecule is COc1ccc(C(C)=N)c(OC)c1. The van der Waals surface area contributed by atoms with E-state index in [1.54, 1.807) is 27.2 Å². The van der Waals surface area contributed by atoms with E-state index in [1.165, 1.54) is 0 Å². The monoisotopic (exact) mass is 179 g/mol. The zero-order valence-electron chi connectivity index (χ0n) is 8.05. The number of hydrogen-bond acceptors (Lipinski definition) is 3. The molecular weight excluding hydrogens is 166 g/mol. The molecule has 0 saturated carbocycles. The van der Waals surface area contributed by atoms with E-state index in [-0.39, 0.29) is 0 Å². The van der Waals surface area contributed by atoms with Crippen LogP contribution in [0.2, 0.25) is 0 Å². The summed E-state index contributed by atoms with van der Waals surface area (Å²) in [6.07, 6.45) is 0. The molecule has 0 saturated heterocycles. The van der Waals surface area contributed by atoms with Crippen molar-refractivity contribution in [3.63, 3.8) is 0 Å². The number of rotatable bonds is 3. The van der Waals surface area contributed by atoms with Gasteiger partial charge in [0.25, 0.3) is 0 Å².